The number of hydrogen-bond acceptors (Lipinski definition) is 0. The molecule has 2 aliphatic rings. The van der Waals surface area contributed by atoms with Crippen molar-refractivity contribution in [3.63, 3.8) is 0 Å². The fourth-order valence-corrected chi connectivity index (χ4v) is 14.7. The Kier molecular flexibility index (Phi) is 10.4. The Bertz CT molecular complexity index is 1720. The van der Waals surface area contributed by atoms with Crippen molar-refractivity contribution in [3.05, 3.63) is 148 Å². The molecule has 2 aliphatic carbocycles. The molecule has 0 unspecified atom stereocenters. The second kappa shape index (κ2) is 13.1. The van der Waals surface area contributed by atoms with E-state index in [1.807, 2.05) is 6.07 Å². The molecule has 0 saturated carbocycles. The quantitative estimate of drug-likeness (QED) is 0.266. The van der Waals surface area contributed by atoms with Gasteiger partial charge in [-0.1, -0.05) is 0 Å². The van der Waals surface area contributed by atoms with Gasteiger partial charge in [0.25, 0.3) is 0 Å². The second-order valence-electron chi connectivity index (χ2n) is 13.6. The first-order valence-corrected chi connectivity index (χ1v) is 19.0. The molecule has 0 fully saturated rings. The van der Waals surface area contributed by atoms with Crippen LogP contribution in [0.4, 0.5) is 0 Å². The van der Waals surface area contributed by atoms with Gasteiger partial charge in [0.1, 0.15) is 0 Å². The molecule has 0 nitrogen and oxygen atoms in total. The van der Waals surface area contributed by atoms with Gasteiger partial charge in [-0.25, -0.2) is 0 Å². The van der Waals surface area contributed by atoms with Gasteiger partial charge in [0, 0.05) is 0 Å². The number of halogens is 3. The molecule has 0 amide bonds. The molecule has 0 radical (unpaired) electrons. The van der Waals surface area contributed by atoms with Crippen LogP contribution in [-0.4, -0.2) is 3.21 Å². The van der Waals surface area contributed by atoms with Crippen molar-refractivity contribution < 1.29 is 46.1 Å². The molecule has 0 saturated heterocycles. The van der Waals surface area contributed by atoms with Crippen LogP contribution in [0, 0.1) is 0 Å². The van der Waals surface area contributed by atoms with Crippen LogP contribution in [0.3, 0.4) is 0 Å². The number of rotatable bonds is 4. The fraction of sp³-hybridized carbons (Fsp3) is 0.256. The first-order chi connectivity index (χ1) is 19.5. The second-order valence-corrected chi connectivity index (χ2v) is 20.2. The van der Waals surface area contributed by atoms with Gasteiger partial charge >= 0.3 is 261 Å². The van der Waals surface area contributed by atoms with E-state index in [4.69, 9.17) is 11.6 Å². The maximum Gasteiger partial charge on any atom is -1.00 e. The molecule has 4 aromatic rings. The molecule has 6 rings (SSSR count). The SMILES string of the molecule is CC(C)(C)c1ccc2c(c1)-c1cc(C(C)(C)C)c[c]([Zr+2](=[C](c3ccccc3)c3cccc(Cl)c3)[CH]3C=CC=C3)c1C2.[Cl-].[Cl-]. The van der Waals surface area contributed by atoms with Crippen LogP contribution in [0.25, 0.3) is 11.1 Å². The van der Waals surface area contributed by atoms with Crippen LogP contribution < -0.4 is 28.1 Å². The Morgan fingerprint density at radius 2 is 1.30 bits per heavy atom. The third-order valence-corrected chi connectivity index (χ3v) is 16.7. The fourth-order valence-electron chi connectivity index (χ4n) is 6.25. The van der Waals surface area contributed by atoms with E-state index in [0.717, 1.165) is 11.4 Å². The average Bonchev–Trinajstić information content (AvgIpc) is 3.59. The molecule has 0 aliphatic heterocycles. The monoisotopic (exact) mass is 702 g/mol. The maximum absolute atomic E-state index is 6.66. The van der Waals surface area contributed by atoms with Gasteiger partial charge in [-0.3, -0.25) is 0 Å². The number of hydrogen-bond donors (Lipinski definition) is 0. The zero-order chi connectivity index (χ0) is 28.9. The first-order valence-electron chi connectivity index (χ1n) is 14.7. The number of fused-ring (bicyclic) bond motifs is 3. The average molecular weight is 705 g/mol. The molecule has 0 atom stereocenters. The Hall–Kier alpha value is -2.02. The molecule has 4 aromatic carbocycles. The topological polar surface area (TPSA) is 0 Å². The van der Waals surface area contributed by atoms with Gasteiger partial charge in [-0.2, -0.15) is 0 Å². The summed E-state index contributed by atoms with van der Waals surface area (Å²) in [6.45, 7) is 14.0. The molecule has 0 aromatic heterocycles. The zero-order valence-electron chi connectivity index (χ0n) is 25.8. The standard InChI is InChI=1S/C21H25.C13H9Cl.C5H5.2ClH.Zr/c1-20(2,3)16-9-7-14-11-15-8-10-17(21(4,5)6)13-19(15)18(14)12-16;14-13-8-4-7-12(10-13)9-11-5-2-1-3-6-11;1-2-4-5-3-1;;;/h7,9-10,12-13H,11H2,1-6H3;1-8,10H;1-5H;2*1H;/q;;;;;+2/p-2. The summed E-state index contributed by atoms with van der Waals surface area (Å²) in [5, 5.41) is 0.798. The van der Waals surface area contributed by atoms with E-state index < -0.39 is 21.3 Å². The number of benzene rings is 4. The van der Waals surface area contributed by atoms with Crippen LogP contribution in [-0.2, 0) is 38.5 Å². The van der Waals surface area contributed by atoms with E-state index in [2.05, 4.69) is 145 Å². The van der Waals surface area contributed by atoms with Crippen molar-refractivity contribution in [2.45, 2.75) is 62.4 Å². The van der Waals surface area contributed by atoms with Crippen LogP contribution in [0.5, 0.6) is 0 Å². The minimum absolute atomic E-state index is 0. The van der Waals surface area contributed by atoms with E-state index in [9.17, 15) is 0 Å². The Morgan fingerprint density at radius 1 is 0.674 bits per heavy atom. The molecule has 4 heteroatoms. The van der Waals surface area contributed by atoms with Gasteiger partial charge in [0.05, 0.1) is 0 Å². The van der Waals surface area contributed by atoms with Crippen LogP contribution >= 0.6 is 11.6 Å². The van der Waals surface area contributed by atoms with Crippen molar-refractivity contribution in [2.24, 2.45) is 0 Å². The maximum atomic E-state index is 6.66. The molecule has 220 valence electrons. The van der Waals surface area contributed by atoms with Crippen molar-refractivity contribution >= 4 is 18.1 Å². The van der Waals surface area contributed by atoms with E-state index in [0.29, 0.717) is 3.63 Å². The third kappa shape index (κ3) is 6.82. The van der Waals surface area contributed by atoms with E-state index >= 15 is 0 Å². The van der Waals surface area contributed by atoms with Gasteiger partial charge in [-0.05, 0) is 0 Å². The minimum atomic E-state index is -2.71. The largest absolute Gasteiger partial charge is 1.00 e. The molecule has 0 spiro atoms. The Morgan fingerprint density at radius 3 is 1.93 bits per heavy atom. The van der Waals surface area contributed by atoms with Gasteiger partial charge < -0.3 is 24.8 Å². The van der Waals surface area contributed by atoms with Crippen LogP contribution in [0.2, 0.25) is 8.65 Å². The van der Waals surface area contributed by atoms with Crippen LogP contribution in [0.15, 0.2) is 109 Å². The molecular formula is C39H39Cl3Zr. The van der Waals surface area contributed by atoms with Crippen molar-refractivity contribution in [2.75, 3.05) is 0 Å². The van der Waals surface area contributed by atoms with E-state index in [-0.39, 0.29) is 35.6 Å². The van der Waals surface area contributed by atoms with Crippen LogP contribution in [0.1, 0.15) is 74.9 Å². The predicted octanol–water partition coefficient (Wildman–Crippen LogP) is 3.94. The van der Waals surface area contributed by atoms with Gasteiger partial charge in [0.2, 0.25) is 0 Å². The summed E-state index contributed by atoms with van der Waals surface area (Å²) in [7, 11) is 0. The van der Waals surface area contributed by atoms with Crippen molar-refractivity contribution in [1.82, 2.24) is 0 Å². The summed E-state index contributed by atoms with van der Waals surface area (Å²) in [5.74, 6) is 0. The summed E-state index contributed by atoms with van der Waals surface area (Å²) in [4.78, 5) is 0. The van der Waals surface area contributed by atoms with Crippen molar-refractivity contribution in [1.29, 1.82) is 0 Å². The Labute approximate surface area is 283 Å². The smallest absolute Gasteiger partial charge is 1.00 e. The first kappa shape index (κ1) is 33.9. The zero-order valence-corrected chi connectivity index (χ0v) is 30.5. The van der Waals surface area contributed by atoms with Gasteiger partial charge in [0.15, 0.2) is 0 Å². The molecule has 0 bridgehead atoms. The van der Waals surface area contributed by atoms with E-state index in [1.165, 1.54) is 42.2 Å². The summed E-state index contributed by atoms with van der Waals surface area (Å²) in [6.07, 6.45) is 10.4. The minimum Gasteiger partial charge on any atom is -1.00 e. The van der Waals surface area contributed by atoms with Crippen molar-refractivity contribution in [3.8, 4) is 11.1 Å². The molecule has 43 heavy (non-hydrogen) atoms. The molecule has 0 heterocycles. The van der Waals surface area contributed by atoms with Gasteiger partial charge in [-0.15, -0.1) is 0 Å². The summed E-state index contributed by atoms with van der Waals surface area (Å²) < 4.78 is 3.60. The number of allylic oxidation sites excluding steroid dienone is 4. The normalized spacial score (nSPS) is 14.1. The molecule has 0 N–H and O–H groups in total. The molecular weight excluding hydrogens is 666 g/mol. The van der Waals surface area contributed by atoms with E-state index in [1.54, 1.807) is 8.83 Å². The summed E-state index contributed by atoms with van der Waals surface area (Å²) in [5.41, 5.74) is 11.5. The summed E-state index contributed by atoms with van der Waals surface area (Å²) in [6, 6.07) is 32.0. The third-order valence-electron chi connectivity index (χ3n) is 8.57. The Balaban J connectivity index is 0.00000212. The predicted molar refractivity (Wildman–Crippen MR) is 175 cm³/mol. The summed E-state index contributed by atoms with van der Waals surface area (Å²) >= 11 is 3.95.